The average molecular weight is 365 g/mol. The number of halogens is 2. The fourth-order valence-electron chi connectivity index (χ4n) is 3.07. The summed E-state index contributed by atoms with van der Waals surface area (Å²) in [5, 5.41) is 3.08. The fraction of sp³-hybridized carbons (Fsp3) is 0.294. The van der Waals surface area contributed by atoms with Gasteiger partial charge in [0.05, 0.1) is 5.56 Å². The van der Waals surface area contributed by atoms with E-state index in [0.717, 1.165) is 25.7 Å². The van der Waals surface area contributed by atoms with E-state index in [9.17, 15) is 4.79 Å². The first-order chi connectivity index (χ1) is 11.5. The highest BCUT2D eigenvalue weighted by Gasteiger charge is 2.44. The predicted octanol–water partition coefficient (Wildman–Crippen LogP) is 4.68. The molecule has 1 aliphatic heterocycles. The van der Waals surface area contributed by atoms with Crippen LogP contribution >= 0.6 is 23.2 Å². The number of aromatic nitrogens is 1. The van der Waals surface area contributed by atoms with Crippen LogP contribution in [0.1, 0.15) is 36.0 Å². The fourth-order valence-corrected chi connectivity index (χ4v) is 3.50. The van der Waals surface area contributed by atoms with Gasteiger partial charge in [0.25, 0.3) is 11.7 Å². The molecule has 1 spiro atoms. The Bertz CT molecular complexity index is 819. The van der Waals surface area contributed by atoms with Gasteiger partial charge < -0.3 is 14.8 Å². The highest BCUT2D eigenvalue weighted by Crippen LogP contribution is 2.47. The van der Waals surface area contributed by atoms with Crippen LogP contribution in [0.4, 0.5) is 5.69 Å². The summed E-state index contributed by atoms with van der Waals surface area (Å²) < 4.78 is 11.9. The number of carbonyl (C=O) groups excluding carboxylic acids is 1. The van der Waals surface area contributed by atoms with Gasteiger partial charge in [-0.15, -0.1) is 0 Å². The molecule has 1 aromatic heterocycles. The van der Waals surface area contributed by atoms with Crippen molar-refractivity contribution in [2.75, 3.05) is 5.32 Å². The molecule has 1 saturated carbocycles. The van der Waals surface area contributed by atoms with Crippen LogP contribution < -0.4 is 14.8 Å². The van der Waals surface area contributed by atoms with E-state index < -0.39 is 5.79 Å². The van der Waals surface area contributed by atoms with Gasteiger partial charge in [-0.2, -0.15) is 0 Å². The number of carbonyl (C=O) groups is 1. The summed E-state index contributed by atoms with van der Waals surface area (Å²) in [5.41, 5.74) is 0.856. The zero-order valence-corrected chi connectivity index (χ0v) is 14.2. The van der Waals surface area contributed by atoms with E-state index >= 15 is 0 Å². The Morgan fingerprint density at radius 1 is 1.08 bits per heavy atom. The molecule has 4 rings (SSSR count). The lowest BCUT2D eigenvalue weighted by atomic mass is 10.2. The van der Waals surface area contributed by atoms with E-state index in [-0.39, 0.29) is 21.8 Å². The quantitative estimate of drug-likeness (QED) is 0.785. The zero-order valence-electron chi connectivity index (χ0n) is 12.6. The number of fused-ring (bicyclic) bond motifs is 1. The van der Waals surface area contributed by atoms with Crippen molar-refractivity contribution in [1.82, 2.24) is 4.98 Å². The predicted molar refractivity (Wildman–Crippen MR) is 91.1 cm³/mol. The number of ether oxygens (including phenoxy) is 2. The first-order valence-electron chi connectivity index (χ1n) is 7.70. The number of nitrogens with zero attached hydrogens (tertiary/aromatic N) is 1. The maximum absolute atomic E-state index is 12.3. The van der Waals surface area contributed by atoms with E-state index in [0.29, 0.717) is 17.2 Å². The van der Waals surface area contributed by atoms with Gasteiger partial charge in [0, 0.05) is 24.6 Å². The highest BCUT2D eigenvalue weighted by atomic mass is 35.5. The molecule has 24 heavy (non-hydrogen) atoms. The standard InChI is InChI=1S/C17H14Cl2N2O3/c18-14-6-4-11(15(19)21-14)16(22)20-10-3-5-12-13(9-10)24-17(23-12)7-1-2-8-17/h3-6,9H,1-2,7-8H2,(H,20,22). The van der Waals surface area contributed by atoms with Gasteiger partial charge in [-0.1, -0.05) is 23.2 Å². The van der Waals surface area contributed by atoms with Crippen LogP contribution in [-0.2, 0) is 0 Å². The largest absolute Gasteiger partial charge is 0.448 e. The van der Waals surface area contributed by atoms with Crippen LogP contribution in [-0.4, -0.2) is 16.7 Å². The van der Waals surface area contributed by atoms with Crippen molar-refractivity contribution < 1.29 is 14.3 Å². The molecule has 2 heterocycles. The van der Waals surface area contributed by atoms with Crippen LogP contribution in [0.2, 0.25) is 10.3 Å². The third-order valence-corrected chi connectivity index (χ3v) is 4.72. The summed E-state index contributed by atoms with van der Waals surface area (Å²) in [6.07, 6.45) is 3.96. The van der Waals surface area contributed by atoms with Crippen molar-refractivity contribution in [2.45, 2.75) is 31.5 Å². The van der Waals surface area contributed by atoms with Crippen molar-refractivity contribution >= 4 is 34.8 Å². The monoisotopic (exact) mass is 364 g/mol. The number of benzene rings is 1. The van der Waals surface area contributed by atoms with E-state index in [1.807, 2.05) is 0 Å². The maximum atomic E-state index is 12.3. The molecule has 0 saturated heterocycles. The first-order valence-corrected chi connectivity index (χ1v) is 8.46. The van der Waals surface area contributed by atoms with E-state index in [2.05, 4.69) is 10.3 Å². The lowest BCUT2D eigenvalue weighted by Crippen LogP contribution is -2.34. The first kappa shape index (κ1) is 15.5. The Kier molecular flexibility index (Phi) is 3.77. The molecule has 7 heteroatoms. The molecule has 0 radical (unpaired) electrons. The van der Waals surface area contributed by atoms with Crippen LogP contribution in [0, 0.1) is 0 Å². The van der Waals surface area contributed by atoms with Crippen LogP contribution in [0.5, 0.6) is 11.5 Å². The van der Waals surface area contributed by atoms with Gasteiger partial charge in [0.2, 0.25) is 0 Å². The Hall–Kier alpha value is -1.98. The molecule has 0 atom stereocenters. The maximum Gasteiger partial charge on any atom is 0.258 e. The average Bonchev–Trinajstić information content (AvgIpc) is 3.13. The van der Waals surface area contributed by atoms with Crippen molar-refractivity contribution in [3.05, 3.63) is 46.2 Å². The molecule has 1 aliphatic carbocycles. The Morgan fingerprint density at radius 3 is 2.58 bits per heavy atom. The van der Waals surface area contributed by atoms with Gasteiger partial charge in [0.1, 0.15) is 10.3 Å². The molecule has 1 amide bonds. The number of amides is 1. The van der Waals surface area contributed by atoms with Gasteiger partial charge in [-0.25, -0.2) is 4.98 Å². The minimum absolute atomic E-state index is 0.0608. The summed E-state index contributed by atoms with van der Waals surface area (Å²) in [7, 11) is 0. The smallest absolute Gasteiger partial charge is 0.258 e. The van der Waals surface area contributed by atoms with Crippen LogP contribution in [0.15, 0.2) is 30.3 Å². The van der Waals surface area contributed by atoms with Crippen molar-refractivity contribution in [3.63, 3.8) is 0 Å². The second kappa shape index (κ2) is 5.83. The van der Waals surface area contributed by atoms with E-state index in [1.165, 1.54) is 12.1 Å². The Labute approximate surface area is 148 Å². The van der Waals surface area contributed by atoms with Crippen molar-refractivity contribution in [1.29, 1.82) is 0 Å². The number of hydrogen-bond acceptors (Lipinski definition) is 4. The number of anilines is 1. The number of nitrogens with one attached hydrogen (secondary N) is 1. The van der Waals surface area contributed by atoms with Crippen molar-refractivity contribution in [3.8, 4) is 11.5 Å². The normalized spacial score (nSPS) is 17.2. The molecule has 5 nitrogen and oxygen atoms in total. The van der Waals surface area contributed by atoms with E-state index in [1.54, 1.807) is 18.2 Å². The molecule has 0 bridgehead atoms. The molecule has 1 fully saturated rings. The second-order valence-electron chi connectivity index (χ2n) is 5.91. The molecular weight excluding hydrogens is 351 g/mol. The molecule has 124 valence electrons. The molecular formula is C17H14Cl2N2O3. The zero-order chi connectivity index (χ0) is 16.7. The lowest BCUT2D eigenvalue weighted by Gasteiger charge is -2.21. The topological polar surface area (TPSA) is 60.5 Å². The minimum atomic E-state index is -0.519. The lowest BCUT2D eigenvalue weighted by molar-refractivity contribution is -0.0716. The summed E-state index contributed by atoms with van der Waals surface area (Å²) in [4.78, 5) is 16.2. The molecule has 1 aromatic carbocycles. The molecule has 2 aromatic rings. The summed E-state index contributed by atoms with van der Waals surface area (Å²) in [6, 6.07) is 8.39. The molecule has 0 unspecified atom stereocenters. The number of hydrogen-bond donors (Lipinski definition) is 1. The summed E-state index contributed by atoms with van der Waals surface area (Å²) in [5.74, 6) is 0.476. The SMILES string of the molecule is O=C(Nc1ccc2c(c1)OC1(CCCC1)O2)c1ccc(Cl)nc1Cl. The number of pyridine rings is 1. The Morgan fingerprint density at radius 2 is 1.83 bits per heavy atom. The van der Waals surface area contributed by atoms with Crippen molar-refractivity contribution in [2.24, 2.45) is 0 Å². The number of rotatable bonds is 2. The van der Waals surface area contributed by atoms with Gasteiger partial charge in [-0.3, -0.25) is 4.79 Å². The summed E-state index contributed by atoms with van der Waals surface area (Å²) >= 11 is 11.7. The van der Waals surface area contributed by atoms with Gasteiger partial charge >= 0.3 is 0 Å². The van der Waals surface area contributed by atoms with Gasteiger partial charge in [-0.05, 0) is 37.1 Å². The highest BCUT2D eigenvalue weighted by molar-refractivity contribution is 6.35. The minimum Gasteiger partial charge on any atom is -0.448 e. The molecule has 2 aliphatic rings. The second-order valence-corrected chi connectivity index (χ2v) is 6.66. The third kappa shape index (κ3) is 2.78. The van der Waals surface area contributed by atoms with Crippen LogP contribution in [0.25, 0.3) is 0 Å². The van der Waals surface area contributed by atoms with Crippen LogP contribution in [0.3, 0.4) is 0 Å². The summed E-state index contributed by atoms with van der Waals surface area (Å²) in [6.45, 7) is 0. The van der Waals surface area contributed by atoms with Gasteiger partial charge in [0.15, 0.2) is 11.5 Å². The van der Waals surface area contributed by atoms with E-state index in [4.69, 9.17) is 32.7 Å². The molecule has 1 N–H and O–H groups in total. The Balaban J connectivity index is 1.53. The third-order valence-electron chi connectivity index (χ3n) is 4.22.